The van der Waals surface area contributed by atoms with E-state index in [0.717, 1.165) is 0 Å². The Labute approximate surface area is 154 Å². The van der Waals surface area contributed by atoms with Crippen LogP contribution in [0.3, 0.4) is 0 Å². The first-order valence-electron chi connectivity index (χ1n) is 8.51. The second-order valence-electron chi connectivity index (χ2n) is 6.05. The smallest absolute Gasteiger partial charge is 0.235 e. The van der Waals surface area contributed by atoms with E-state index in [0.29, 0.717) is 22.3 Å². The first-order chi connectivity index (χ1) is 13.1. The van der Waals surface area contributed by atoms with Gasteiger partial charge in [-0.2, -0.15) is 0 Å². The summed E-state index contributed by atoms with van der Waals surface area (Å²) < 4.78 is 17.1. The number of carbonyl (C=O) groups excluding carboxylic acids is 1. The zero-order valence-electron chi connectivity index (χ0n) is 14.5. The minimum Gasteiger partial charge on any atom is -0.475 e. The summed E-state index contributed by atoms with van der Waals surface area (Å²) in [5.41, 5.74) is 0.578. The lowest BCUT2D eigenvalue weighted by atomic mass is 10.1. The van der Waals surface area contributed by atoms with Gasteiger partial charge in [0.25, 0.3) is 0 Å². The predicted octanol–water partition coefficient (Wildman–Crippen LogP) is 4.70. The van der Waals surface area contributed by atoms with E-state index in [1.54, 1.807) is 67.6 Å². The molecule has 0 saturated heterocycles. The number of rotatable bonds is 5. The Bertz CT molecular complexity index is 1140. The first kappa shape index (κ1) is 16.8. The Balaban J connectivity index is 1.80. The summed E-state index contributed by atoms with van der Waals surface area (Å²) in [7, 11) is 0. The average Bonchev–Trinajstić information content (AvgIpc) is 3.24. The van der Waals surface area contributed by atoms with Gasteiger partial charge in [0.15, 0.2) is 11.9 Å². The Kier molecular flexibility index (Phi) is 4.34. The van der Waals surface area contributed by atoms with Crippen molar-refractivity contribution < 1.29 is 18.4 Å². The first-order valence-corrected chi connectivity index (χ1v) is 8.51. The van der Waals surface area contributed by atoms with E-state index >= 15 is 0 Å². The van der Waals surface area contributed by atoms with E-state index in [1.165, 1.54) is 6.26 Å². The lowest BCUT2D eigenvalue weighted by Crippen LogP contribution is -2.26. The van der Waals surface area contributed by atoms with Gasteiger partial charge in [-0.15, -0.1) is 0 Å². The molecule has 4 aromatic rings. The van der Waals surface area contributed by atoms with E-state index in [1.807, 2.05) is 6.07 Å². The average molecular weight is 360 g/mol. The topological polar surface area (TPSA) is 69.7 Å². The molecule has 0 saturated carbocycles. The molecule has 5 nitrogen and oxygen atoms in total. The highest BCUT2D eigenvalue weighted by atomic mass is 16.5. The molecule has 1 atom stereocenters. The third-order valence-electron chi connectivity index (χ3n) is 4.22. The Morgan fingerprint density at radius 3 is 2.44 bits per heavy atom. The van der Waals surface area contributed by atoms with Crippen LogP contribution in [0, 0.1) is 0 Å². The summed E-state index contributed by atoms with van der Waals surface area (Å²) >= 11 is 0. The van der Waals surface area contributed by atoms with Gasteiger partial charge in [0.2, 0.25) is 22.7 Å². The van der Waals surface area contributed by atoms with Crippen molar-refractivity contribution in [3.05, 3.63) is 88.8 Å². The number of furan rings is 1. The minimum absolute atomic E-state index is 0.0413. The van der Waals surface area contributed by atoms with Gasteiger partial charge in [-0.3, -0.25) is 9.59 Å². The van der Waals surface area contributed by atoms with Crippen LogP contribution in [0.15, 0.2) is 86.6 Å². The number of fused-ring (bicyclic) bond motifs is 1. The third-order valence-corrected chi connectivity index (χ3v) is 4.22. The molecule has 0 unspecified atom stereocenters. The standard InChI is InChI=1S/C22H16O5/c1-14(19(23)15-8-3-2-4-9-15)26-22-20(24)16-10-5-6-11-17(16)27-21(22)18-12-7-13-25-18/h2-14H,1H3/t14-/m0/s1. The molecule has 0 N–H and O–H groups in total. The minimum atomic E-state index is -0.870. The van der Waals surface area contributed by atoms with E-state index in [4.69, 9.17) is 13.6 Å². The number of Topliss-reactive ketones (excluding diaryl/α,β-unsaturated/α-hetero) is 1. The molecule has 134 valence electrons. The fraction of sp³-hybridized carbons (Fsp3) is 0.0909. The number of hydrogen-bond acceptors (Lipinski definition) is 5. The van der Waals surface area contributed by atoms with Crippen LogP contribution in [0.1, 0.15) is 17.3 Å². The molecule has 2 aromatic heterocycles. The number of ketones is 1. The largest absolute Gasteiger partial charge is 0.475 e. The van der Waals surface area contributed by atoms with Crippen molar-refractivity contribution in [2.45, 2.75) is 13.0 Å². The van der Waals surface area contributed by atoms with Gasteiger partial charge in [-0.1, -0.05) is 42.5 Å². The van der Waals surface area contributed by atoms with E-state index in [9.17, 15) is 9.59 Å². The summed E-state index contributed by atoms with van der Waals surface area (Å²) in [6, 6.07) is 19.0. The van der Waals surface area contributed by atoms with Gasteiger partial charge < -0.3 is 13.6 Å². The number of carbonyl (C=O) groups is 1. The van der Waals surface area contributed by atoms with Crippen LogP contribution < -0.4 is 10.2 Å². The summed E-state index contributed by atoms with van der Waals surface area (Å²) in [5.74, 6) is 0.248. The van der Waals surface area contributed by atoms with Gasteiger partial charge in [-0.05, 0) is 31.2 Å². The molecule has 27 heavy (non-hydrogen) atoms. The third kappa shape index (κ3) is 3.15. The lowest BCUT2D eigenvalue weighted by molar-refractivity contribution is 0.0815. The quantitative estimate of drug-likeness (QED) is 0.482. The molecule has 0 fully saturated rings. The van der Waals surface area contributed by atoms with Crippen LogP contribution in [-0.4, -0.2) is 11.9 Å². The van der Waals surface area contributed by atoms with Crippen LogP contribution in [0.4, 0.5) is 0 Å². The van der Waals surface area contributed by atoms with Crippen LogP contribution in [-0.2, 0) is 0 Å². The second kappa shape index (κ2) is 6.96. The molecule has 5 heteroatoms. The molecule has 0 aliphatic heterocycles. The van der Waals surface area contributed by atoms with Crippen molar-refractivity contribution in [1.29, 1.82) is 0 Å². The van der Waals surface area contributed by atoms with Crippen LogP contribution in [0.2, 0.25) is 0 Å². The molecule has 2 heterocycles. The van der Waals surface area contributed by atoms with Gasteiger partial charge >= 0.3 is 0 Å². The Hall–Kier alpha value is -3.60. The molecule has 0 aliphatic carbocycles. The molecule has 0 aliphatic rings. The highest BCUT2D eigenvalue weighted by Gasteiger charge is 2.24. The van der Waals surface area contributed by atoms with Crippen molar-refractivity contribution in [2.75, 3.05) is 0 Å². The van der Waals surface area contributed by atoms with Crippen molar-refractivity contribution in [2.24, 2.45) is 0 Å². The van der Waals surface area contributed by atoms with Crippen LogP contribution in [0.5, 0.6) is 5.75 Å². The fourth-order valence-electron chi connectivity index (χ4n) is 2.87. The molecule has 0 bridgehead atoms. The van der Waals surface area contributed by atoms with Crippen LogP contribution >= 0.6 is 0 Å². The highest BCUT2D eigenvalue weighted by molar-refractivity contribution is 5.99. The maximum absolute atomic E-state index is 13.0. The second-order valence-corrected chi connectivity index (χ2v) is 6.05. The van der Waals surface area contributed by atoms with E-state index in [2.05, 4.69) is 0 Å². The molecule has 2 aromatic carbocycles. The maximum Gasteiger partial charge on any atom is 0.235 e. The number of para-hydroxylation sites is 1. The summed E-state index contributed by atoms with van der Waals surface area (Å²) in [5, 5.41) is 0.377. The number of benzene rings is 2. The zero-order chi connectivity index (χ0) is 18.8. The molecular formula is C22H16O5. The van der Waals surface area contributed by atoms with E-state index < -0.39 is 6.10 Å². The molecule has 0 amide bonds. The fourth-order valence-corrected chi connectivity index (χ4v) is 2.87. The number of ether oxygens (including phenoxy) is 1. The van der Waals surface area contributed by atoms with Crippen LogP contribution in [0.25, 0.3) is 22.5 Å². The van der Waals surface area contributed by atoms with Crippen molar-refractivity contribution in [3.8, 4) is 17.3 Å². The lowest BCUT2D eigenvalue weighted by Gasteiger charge is -2.15. The van der Waals surface area contributed by atoms with Gasteiger partial charge in [0, 0.05) is 5.56 Å². The normalized spacial score (nSPS) is 12.0. The summed E-state index contributed by atoms with van der Waals surface area (Å²) in [6.45, 7) is 1.61. The highest BCUT2D eigenvalue weighted by Crippen LogP contribution is 2.31. The molecule has 4 rings (SSSR count). The van der Waals surface area contributed by atoms with Gasteiger partial charge in [-0.25, -0.2) is 0 Å². The summed E-state index contributed by atoms with van der Waals surface area (Å²) in [4.78, 5) is 25.6. The molecular weight excluding hydrogens is 344 g/mol. The molecule has 0 spiro atoms. The maximum atomic E-state index is 13.0. The van der Waals surface area contributed by atoms with Gasteiger partial charge in [0.05, 0.1) is 11.6 Å². The van der Waals surface area contributed by atoms with Crippen molar-refractivity contribution in [1.82, 2.24) is 0 Å². The van der Waals surface area contributed by atoms with E-state index in [-0.39, 0.29) is 22.7 Å². The summed E-state index contributed by atoms with van der Waals surface area (Å²) in [6.07, 6.45) is 0.609. The predicted molar refractivity (Wildman–Crippen MR) is 101 cm³/mol. The SMILES string of the molecule is C[C@H](Oc1c(-c2ccco2)oc2ccccc2c1=O)C(=O)c1ccccc1. The zero-order valence-corrected chi connectivity index (χ0v) is 14.5. The van der Waals surface area contributed by atoms with Crippen molar-refractivity contribution >= 4 is 16.8 Å². The Morgan fingerprint density at radius 2 is 1.70 bits per heavy atom. The van der Waals surface area contributed by atoms with Crippen molar-refractivity contribution in [3.63, 3.8) is 0 Å². The number of hydrogen-bond donors (Lipinski definition) is 0. The Morgan fingerprint density at radius 1 is 0.963 bits per heavy atom. The molecule has 0 radical (unpaired) electrons. The van der Waals surface area contributed by atoms with Gasteiger partial charge in [0.1, 0.15) is 5.58 Å². The monoisotopic (exact) mass is 360 g/mol.